The standard InChI is InChI=1S/C7H17O3PS/c1-3-5-6-7-12-11(8,9)10-4-2/h3-7H2,1-2H3,(H,8,9)/p-1. The SMILES string of the molecule is CCCCCSP(=O)([O-])OCC. The third kappa shape index (κ3) is 7.17. The lowest BCUT2D eigenvalue weighted by Gasteiger charge is -2.20. The molecule has 0 aromatic heterocycles. The molecule has 0 aromatic rings. The monoisotopic (exact) mass is 211 g/mol. The zero-order chi connectivity index (χ0) is 9.45. The Kier molecular flexibility index (Phi) is 7.25. The summed E-state index contributed by atoms with van der Waals surface area (Å²) in [6.07, 6.45) is 3.14. The van der Waals surface area contributed by atoms with E-state index in [2.05, 4.69) is 11.4 Å². The first-order chi connectivity index (χ1) is 5.62. The third-order valence-electron chi connectivity index (χ3n) is 1.28. The first kappa shape index (κ1) is 12.5. The Morgan fingerprint density at radius 2 is 2.08 bits per heavy atom. The molecule has 3 nitrogen and oxygen atoms in total. The van der Waals surface area contributed by atoms with E-state index in [-0.39, 0.29) is 6.61 Å². The molecule has 12 heavy (non-hydrogen) atoms. The summed E-state index contributed by atoms with van der Waals surface area (Å²) >= 11 is 0.921. The highest BCUT2D eigenvalue weighted by molar-refractivity contribution is 8.54. The van der Waals surface area contributed by atoms with Gasteiger partial charge in [0.15, 0.2) is 6.80 Å². The minimum Gasteiger partial charge on any atom is -0.770 e. The molecule has 5 heteroatoms. The van der Waals surface area contributed by atoms with Crippen molar-refractivity contribution in [3.8, 4) is 0 Å². The van der Waals surface area contributed by atoms with Crippen molar-refractivity contribution in [2.45, 2.75) is 33.1 Å². The van der Waals surface area contributed by atoms with Crippen LogP contribution in [0.25, 0.3) is 0 Å². The Hall–Kier alpha value is 0.500. The predicted molar refractivity (Wildman–Crippen MR) is 51.2 cm³/mol. The Balaban J connectivity index is 3.41. The molecular weight excluding hydrogens is 195 g/mol. The molecule has 0 N–H and O–H groups in total. The van der Waals surface area contributed by atoms with Crippen molar-refractivity contribution in [1.82, 2.24) is 0 Å². The fraction of sp³-hybridized carbons (Fsp3) is 1.00. The van der Waals surface area contributed by atoms with Crippen molar-refractivity contribution in [3.63, 3.8) is 0 Å². The van der Waals surface area contributed by atoms with Crippen molar-refractivity contribution in [2.75, 3.05) is 12.4 Å². The van der Waals surface area contributed by atoms with Gasteiger partial charge < -0.3 is 9.42 Å². The molecule has 0 radical (unpaired) electrons. The summed E-state index contributed by atoms with van der Waals surface area (Å²) in [6, 6.07) is 0. The second-order valence-electron chi connectivity index (χ2n) is 2.41. The fourth-order valence-corrected chi connectivity index (χ4v) is 3.27. The van der Waals surface area contributed by atoms with Crippen LogP contribution < -0.4 is 4.89 Å². The molecule has 0 saturated carbocycles. The van der Waals surface area contributed by atoms with Crippen molar-refractivity contribution >= 4 is 18.2 Å². The van der Waals surface area contributed by atoms with E-state index in [1.807, 2.05) is 0 Å². The van der Waals surface area contributed by atoms with E-state index in [1.165, 1.54) is 0 Å². The van der Waals surface area contributed by atoms with Gasteiger partial charge in [0, 0.05) is 5.75 Å². The van der Waals surface area contributed by atoms with E-state index in [1.54, 1.807) is 6.92 Å². The van der Waals surface area contributed by atoms with Crippen LogP contribution in [-0.4, -0.2) is 12.4 Å². The maximum Gasteiger partial charge on any atom is 0.192 e. The molecule has 74 valence electrons. The average Bonchev–Trinajstić information content (AvgIpc) is 1.98. The summed E-state index contributed by atoms with van der Waals surface area (Å²) < 4.78 is 15.5. The summed E-state index contributed by atoms with van der Waals surface area (Å²) in [4.78, 5) is 11.0. The van der Waals surface area contributed by atoms with E-state index < -0.39 is 6.80 Å². The number of hydrogen-bond acceptors (Lipinski definition) is 4. The summed E-state index contributed by atoms with van der Waals surface area (Å²) in [5.74, 6) is 0.647. The average molecular weight is 211 g/mol. The first-order valence-corrected chi connectivity index (χ1v) is 7.36. The molecule has 0 spiro atoms. The molecule has 1 atom stereocenters. The maximum absolute atomic E-state index is 11.0. The molecule has 0 fully saturated rings. The van der Waals surface area contributed by atoms with Gasteiger partial charge in [-0.05, 0) is 13.3 Å². The molecule has 0 aliphatic rings. The molecule has 1 unspecified atom stereocenters. The largest absolute Gasteiger partial charge is 0.770 e. The van der Waals surface area contributed by atoms with Gasteiger partial charge in [0.05, 0.1) is 6.61 Å². The van der Waals surface area contributed by atoms with Crippen molar-refractivity contribution in [3.05, 3.63) is 0 Å². The van der Waals surface area contributed by atoms with Crippen LogP contribution in [0, 0.1) is 0 Å². The van der Waals surface area contributed by atoms with Gasteiger partial charge in [0.2, 0.25) is 0 Å². The number of unbranched alkanes of at least 4 members (excludes halogenated alkanes) is 2. The van der Waals surface area contributed by atoms with E-state index in [4.69, 9.17) is 0 Å². The number of rotatable bonds is 7. The van der Waals surface area contributed by atoms with Gasteiger partial charge in [-0.15, -0.1) is 0 Å². The van der Waals surface area contributed by atoms with Crippen LogP contribution in [0.4, 0.5) is 0 Å². The molecule has 0 aliphatic heterocycles. The zero-order valence-corrected chi connectivity index (χ0v) is 9.33. The van der Waals surface area contributed by atoms with Crippen molar-refractivity contribution in [1.29, 1.82) is 0 Å². The van der Waals surface area contributed by atoms with E-state index in [0.29, 0.717) is 5.75 Å². The molecule has 0 heterocycles. The minimum atomic E-state index is -3.57. The smallest absolute Gasteiger partial charge is 0.192 e. The highest BCUT2D eigenvalue weighted by Gasteiger charge is 2.06. The predicted octanol–water partition coefficient (Wildman–Crippen LogP) is 2.41. The van der Waals surface area contributed by atoms with Crippen LogP contribution in [-0.2, 0) is 9.09 Å². The normalized spacial score (nSPS) is 15.9. The Labute approximate surface area is 78.2 Å². The first-order valence-electron chi connectivity index (χ1n) is 4.22. The third-order valence-corrected chi connectivity index (χ3v) is 4.46. The van der Waals surface area contributed by atoms with Gasteiger partial charge in [-0.1, -0.05) is 31.1 Å². The summed E-state index contributed by atoms with van der Waals surface area (Å²) in [7, 11) is 0. The van der Waals surface area contributed by atoms with E-state index in [9.17, 15) is 9.46 Å². The van der Waals surface area contributed by atoms with E-state index >= 15 is 0 Å². The van der Waals surface area contributed by atoms with Crippen LogP contribution in [0.2, 0.25) is 0 Å². The van der Waals surface area contributed by atoms with Gasteiger partial charge in [0.1, 0.15) is 0 Å². The van der Waals surface area contributed by atoms with Crippen molar-refractivity contribution in [2.24, 2.45) is 0 Å². The van der Waals surface area contributed by atoms with Gasteiger partial charge in [-0.2, -0.15) is 0 Å². The quantitative estimate of drug-likeness (QED) is 0.479. The van der Waals surface area contributed by atoms with Crippen LogP contribution in [0.3, 0.4) is 0 Å². The topological polar surface area (TPSA) is 49.4 Å². The highest BCUT2D eigenvalue weighted by atomic mass is 32.7. The summed E-state index contributed by atoms with van der Waals surface area (Å²) in [6.45, 7) is 0.437. The molecule has 0 aromatic carbocycles. The van der Waals surface area contributed by atoms with Crippen molar-refractivity contribution < 1.29 is 14.0 Å². The highest BCUT2D eigenvalue weighted by Crippen LogP contribution is 2.51. The van der Waals surface area contributed by atoms with Gasteiger partial charge in [-0.25, -0.2) is 0 Å². The van der Waals surface area contributed by atoms with Crippen LogP contribution in [0.1, 0.15) is 33.1 Å². The van der Waals surface area contributed by atoms with E-state index in [0.717, 1.165) is 30.6 Å². The van der Waals surface area contributed by atoms with Crippen LogP contribution >= 0.6 is 18.2 Å². The molecule has 0 amide bonds. The van der Waals surface area contributed by atoms with Gasteiger partial charge in [0.25, 0.3) is 0 Å². The van der Waals surface area contributed by atoms with Crippen LogP contribution in [0.15, 0.2) is 0 Å². The van der Waals surface area contributed by atoms with Gasteiger partial charge in [-0.3, -0.25) is 4.57 Å². The van der Waals surface area contributed by atoms with Crippen LogP contribution in [0.5, 0.6) is 0 Å². The molecule has 0 saturated heterocycles. The summed E-state index contributed by atoms with van der Waals surface area (Å²) in [5, 5.41) is 0. The Bertz CT molecular complexity index is 152. The molecule has 0 bridgehead atoms. The lowest BCUT2D eigenvalue weighted by molar-refractivity contribution is -0.189. The maximum atomic E-state index is 11.0. The summed E-state index contributed by atoms with van der Waals surface area (Å²) in [5.41, 5.74) is 0. The second kappa shape index (κ2) is 6.96. The minimum absolute atomic E-state index is 0.238. The molecule has 0 rings (SSSR count). The van der Waals surface area contributed by atoms with Gasteiger partial charge >= 0.3 is 0 Å². The lowest BCUT2D eigenvalue weighted by atomic mass is 10.3. The molecule has 0 aliphatic carbocycles. The number of hydrogen-bond donors (Lipinski definition) is 0. The Morgan fingerprint density at radius 1 is 1.42 bits per heavy atom. The zero-order valence-electron chi connectivity index (χ0n) is 7.62. The second-order valence-corrected chi connectivity index (χ2v) is 6.34. The fourth-order valence-electron chi connectivity index (χ4n) is 0.724. The lowest BCUT2D eigenvalue weighted by Crippen LogP contribution is -2.01. The Morgan fingerprint density at radius 3 is 2.58 bits per heavy atom. The molecular formula is C7H16O3PS-.